The van der Waals surface area contributed by atoms with Gasteiger partial charge in [-0.3, -0.25) is 4.79 Å². The smallest absolute Gasteiger partial charge is 0.337 e. The maximum Gasteiger partial charge on any atom is 0.337 e. The van der Waals surface area contributed by atoms with E-state index in [1.54, 1.807) is 38.1 Å². The molecule has 3 rings (SSSR count). The van der Waals surface area contributed by atoms with Crippen molar-refractivity contribution in [1.29, 1.82) is 0 Å². The molecule has 0 amide bonds. The van der Waals surface area contributed by atoms with Crippen LogP contribution in [0.25, 0.3) is 11.1 Å². The van der Waals surface area contributed by atoms with Gasteiger partial charge in [0.05, 0.1) is 11.1 Å². The van der Waals surface area contributed by atoms with Gasteiger partial charge in [0, 0.05) is 11.6 Å². The Morgan fingerprint density at radius 2 is 1.90 bits per heavy atom. The molecular weight excluding hydrogens is 256 g/mol. The molecule has 2 heterocycles. The van der Waals surface area contributed by atoms with Crippen molar-refractivity contribution in [3.05, 3.63) is 63.6 Å². The first kappa shape index (κ1) is 12.3. The van der Waals surface area contributed by atoms with Crippen molar-refractivity contribution in [3.8, 4) is 0 Å². The fourth-order valence-electron chi connectivity index (χ4n) is 2.28. The molecule has 0 N–H and O–H groups in total. The molecule has 2 aromatic heterocycles. The molecule has 0 atom stereocenters. The number of fused-ring (bicyclic) bond motifs is 1. The summed E-state index contributed by atoms with van der Waals surface area (Å²) in [5.74, 6) is -0.249. The number of hydrogen-bond acceptors (Lipinski definition) is 4. The lowest BCUT2D eigenvalue weighted by Gasteiger charge is -2.02. The van der Waals surface area contributed by atoms with Gasteiger partial charge in [0.15, 0.2) is 0 Å². The first-order chi connectivity index (χ1) is 9.58. The van der Waals surface area contributed by atoms with Gasteiger partial charge in [-0.05, 0) is 31.5 Å². The Bertz CT molecular complexity index is 860. The minimum absolute atomic E-state index is 0.191. The van der Waals surface area contributed by atoms with Crippen LogP contribution in [-0.4, -0.2) is 15.7 Å². The predicted molar refractivity (Wildman–Crippen MR) is 73.9 cm³/mol. The van der Waals surface area contributed by atoms with Crippen LogP contribution in [0.2, 0.25) is 0 Å². The van der Waals surface area contributed by atoms with Crippen LogP contribution in [0, 0.1) is 13.8 Å². The molecule has 0 saturated heterocycles. The van der Waals surface area contributed by atoms with E-state index in [-0.39, 0.29) is 11.6 Å². The molecule has 5 nitrogen and oxygen atoms in total. The fraction of sp³-hybridized carbons (Fsp3) is 0.133. The van der Waals surface area contributed by atoms with Crippen molar-refractivity contribution in [2.24, 2.45) is 0 Å². The van der Waals surface area contributed by atoms with E-state index in [0.29, 0.717) is 16.6 Å². The number of hydrogen-bond donors (Lipinski definition) is 0. The van der Waals surface area contributed by atoms with E-state index < -0.39 is 5.63 Å². The number of carbonyl (C=O) groups is 1. The summed E-state index contributed by atoms with van der Waals surface area (Å²) in [7, 11) is 0. The van der Waals surface area contributed by atoms with Crippen molar-refractivity contribution in [2.75, 3.05) is 0 Å². The molecule has 0 aliphatic carbocycles. The number of rotatable bonds is 1. The molecule has 0 unspecified atom stereocenters. The second-order valence-corrected chi connectivity index (χ2v) is 4.60. The molecule has 0 radical (unpaired) electrons. The third-order valence-corrected chi connectivity index (χ3v) is 3.22. The summed E-state index contributed by atoms with van der Waals surface area (Å²) in [6.45, 7) is 3.58. The average molecular weight is 268 g/mol. The van der Waals surface area contributed by atoms with Crippen molar-refractivity contribution in [1.82, 2.24) is 9.78 Å². The SMILES string of the molecule is Cc1cc(=O)oc2nn(C(=O)c3ccccc3)c(C)c12. The first-order valence-corrected chi connectivity index (χ1v) is 6.18. The maximum atomic E-state index is 12.4. The zero-order valence-electron chi connectivity index (χ0n) is 11.1. The molecule has 0 aliphatic rings. The summed E-state index contributed by atoms with van der Waals surface area (Å²) in [6.07, 6.45) is 0. The second kappa shape index (κ2) is 4.45. The highest BCUT2D eigenvalue weighted by atomic mass is 16.4. The minimum Gasteiger partial charge on any atom is -0.402 e. The Morgan fingerprint density at radius 1 is 1.20 bits per heavy atom. The first-order valence-electron chi connectivity index (χ1n) is 6.18. The largest absolute Gasteiger partial charge is 0.402 e. The lowest BCUT2D eigenvalue weighted by Crippen LogP contribution is -2.14. The summed E-state index contributed by atoms with van der Waals surface area (Å²) >= 11 is 0. The Balaban J connectivity index is 2.23. The molecular formula is C15H12N2O3. The van der Waals surface area contributed by atoms with Gasteiger partial charge in [0.1, 0.15) is 0 Å². The molecule has 0 saturated carbocycles. The van der Waals surface area contributed by atoms with E-state index in [4.69, 9.17) is 4.42 Å². The molecule has 3 aromatic rings. The van der Waals surface area contributed by atoms with Gasteiger partial charge in [-0.1, -0.05) is 18.2 Å². The molecule has 0 spiro atoms. The number of aryl methyl sites for hydroxylation is 2. The third-order valence-electron chi connectivity index (χ3n) is 3.22. The van der Waals surface area contributed by atoms with Crippen LogP contribution >= 0.6 is 0 Å². The maximum absolute atomic E-state index is 12.4. The standard InChI is InChI=1S/C15H12N2O3/c1-9-8-12(18)20-14-13(9)10(2)17(16-14)15(19)11-6-4-3-5-7-11/h3-8H,1-2H3. The highest BCUT2D eigenvalue weighted by Crippen LogP contribution is 2.20. The van der Waals surface area contributed by atoms with Crippen LogP contribution in [0.1, 0.15) is 21.6 Å². The quantitative estimate of drug-likeness (QED) is 0.679. The van der Waals surface area contributed by atoms with Gasteiger partial charge in [-0.15, -0.1) is 5.10 Å². The fourth-order valence-corrected chi connectivity index (χ4v) is 2.28. The topological polar surface area (TPSA) is 65.1 Å². The lowest BCUT2D eigenvalue weighted by molar-refractivity contribution is 0.0943. The molecule has 0 aliphatic heterocycles. The van der Waals surface area contributed by atoms with Crippen LogP contribution in [0.3, 0.4) is 0 Å². The highest BCUT2D eigenvalue weighted by molar-refractivity contribution is 5.98. The van der Waals surface area contributed by atoms with E-state index in [1.165, 1.54) is 10.7 Å². The molecule has 0 bridgehead atoms. The van der Waals surface area contributed by atoms with Crippen molar-refractivity contribution in [2.45, 2.75) is 13.8 Å². The second-order valence-electron chi connectivity index (χ2n) is 4.60. The Morgan fingerprint density at radius 3 is 2.60 bits per heavy atom. The average Bonchev–Trinajstić information content (AvgIpc) is 2.76. The van der Waals surface area contributed by atoms with Crippen LogP contribution in [-0.2, 0) is 0 Å². The van der Waals surface area contributed by atoms with Crippen LogP contribution < -0.4 is 5.63 Å². The van der Waals surface area contributed by atoms with Gasteiger partial charge in [-0.25, -0.2) is 4.79 Å². The zero-order valence-corrected chi connectivity index (χ0v) is 11.1. The Labute approximate surface area is 114 Å². The Kier molecular flexibility index (Phi) is 2.75. The summed E-state index contributed by atoms with van der Waals surface area (Å²) < 4.78 is 6.32. The zero-order chi connectivity index (χ0) is 14.3. The number of aromatic nitrogens is 2. The van der Waals surface area contributed by atoms with Crippen molar-refractivity contribution >= 4 is 17.0 Å². The summed E-state index contributed by atoms with van der Waals surface area (Å²) in [5, 5.41) is 4.81. The number of carbonyl (C=O) groups excluding carboxylic acids is 1. The van der Waals surface area contributed by atoms with Crippen LogP contribution in [0.5, 0.6) is 0 Å². The number of nitrogens with zero attached hydrogens (tertiary/aromatic N) is 2. The van der Waals surface area contributed by atoms with E-state index >= 15 is 0 Å². The van der Waals surface area contributed by atoms with E-state index in [0.717, 1.165) is 5.56 Å². The van der Waals surface area contributed by atoms with Gasteiger partial charge in [-0.2, -0.15) is 4.68 Å². The van der Waals surface area contributed by atoms with Gasteiger partial charge in [0.2, 0.25) is 5.71 Å². The highest BCUT2D eigenvalue weighted by Gasteiger charge is 2.18. The van der Waals surface area contributed by atoms with E-state index in [1.807, 2.05) is 6.07 Å². The van der Waals surface area contributed by atoms with Crippen molar-refractivity contribution < 1.29 is 9.21 Å². The monoisotopic (exact) mass is 268 g/mol. The predicted octanol–water partition coefficient (Wildman–Crippen LogP) is 2.29. The minimum atomic E-state index is -0.466. The van der Waals surface area contributed by atoms with E-state index in [9.17, 15) is 9.59 Å². The van der Waals surface area contributed by atoms with Gasteiger partial charge in [0.25, 0.3) is 5.91 Å². The summed E-state index contributed by atoms with van der Waals surface area (Å²) in [4.78, 5) is 23.8. The Hall–Kier alpha value is -2.69. The number of benzene rings is 1. The van der Waals surface area contributed by atoms with Gasteiger partial charge < -0.3 is 4.42 Å². The summed E-state index contributed by atoms with van der Waals surface area (Å²) in [5.41, 5.74) is 1.67. The normalized spacial score (nSPS) is 10.9. The molecule has 100 valence electrons. The van der Waals surface area contributed by atoms with Crippen molar-refractivity contribution in [3.63, 3.8) is 0 Å². The van der Waals surface area contributed by atoms with Gasteiger partial charge >= 0.3 is 5.63 Å². The van der Waals surface area contributed by atoms with Crippen LogP contribution in [0.4, 0.5) is 0 Å². The lowest BCUT2D eigenvalue weighted by atomic mass is 10.2. The molecule has 0 fully saturated rings. The van der Waals surface area contributed by atoms with E-state index in [2.05, 4.69) is 5.10 Å². The molecule has 1 aromatic carbocycles. The summed E-state index contributed by atoms with van der Waals surface area (Å²) in [6, 6.07) is 10.3. The van der Waals surface area contributed by atoms with Crippen LogP contribution in [0.15, 0.2) is 45.6 Å². The molecule has 5 heteroatoms. The third kappa shape index (κ3) is 1.84. The molecule has 20 heavy (non-hydrogen) atoms.